The quantitative estimate of drug-likeness (QED) is 0.837. The summed E-state index contributed by atoms with van der Waals surface area (Å²) in [5.74, 6) is -0.568. The summed E-state index contributed by atoms with van der Waals surface area (Å²) in [6.45, 7) is 0. The largest absolute Gasteiger partial charge is 0.504 e. The Morgan fingerprint density at radius 2 is 1.82 bits per heavy atom. The van der Waals surface area contributed by atoms with Crippen LogP contribution in [0.25, 0.3) is 6.08 Å². The molecule has 0 saturated carbocycles. The average molecular weight is 224 g/mol. The van der Waals surface area contributed by atoms with E-state index < -0.39 is 0 Å². The van der Waals surface area contributed by atoms with Gasteiger partial charge in [-0.3, -0.25) is 4.79 Å². The van der Waals surface area contributed by atoms with Crippen LogP contribution in [0.3, 0.4) is 0 Å². The summed E-state index contributed by atoms with van der Waals surface area (Å²) in [6.07, 6.45) is 10.2. The minimum absolute atomic E-state index is 0.216. The van der Waals surface area contributed by atoms with E-state index >= 15 is 0 Å². The molecule has 0 aliphatic heterocycles. The summed E-state index contributed by atoms with van der Waals surface area (Å²) in [4.78, 5) is 11.0. The molecule has 1 aliphatic carbocycles. The molecular weight excluding hydrogens is 212 g/mol. The molecule has 0 spiro atoms. The van der Waals surface area contributed by atoms with Crippen molar-refractivity contribution in [3.05, 3.63) is 77.6 Å². The van der Waals surface area contributed by atoms with Gasteiger partial charge in [0.15, 0.2) is 5.76 Å². The first kappa shape index (κ1) is 11.1. The Morgan fingerprint density at radius 3 is 2.53 bits per heavy atom. The van der Waals surface area contributed by atoms with Crippen LogP contribution < -0.4 is 0 Å². The van der Waals surface area contributed by atoms with Crippen LogP contribution in [0.15, 0.2) is 72.0 Å². The number of hydrogen-bond acceptors (Lipinski definition) is 2. The zero-order valence-corrected chi connectivity index (χ0v) is 9.21. The molecule has 0 unspecified atom stereocenters. The first-order valence-corrected chi connectivity index (χ1v) is 5.32. The van der Waals surface area contributed by atoms with Crippen LogP contribution in [0.1, 0.15) is 5.56 Å². The van der Waals surface area contributed by atoms with Gasteiger partial charge in [-0.1, -0.05) is 54.6 Å². The molecule has 2 heteroatoms. The third-order valence-corrected chi connectivity index (χ3v) is 2.36. The van der Waals surface area contributed by atoms with E-state index in [0.29, 0.717) is 0 Å². The first-order chi connectivity index (χ1) is 8.25. The van der Waals surface area contributed by atoms with Crippen molar-refractivity contribution in [3.8, 4) is 0 Å². The average Bonchev–Trinajstić information content (AvgIpc) is 2.35. The van der Waals surface area contributed by atoms with Gasteiger partial charge in [-0.15, -0.1) is 0 Å². The maximum atomic E-state index is 11.0. The van der Waals surface area contributed by atoms with Gasteiger partial charge in [-0.05, 0) is 23.3 Å². The van der Waals surface area contributed by atoms with Gasteiger partial charge in [0, 0.05) is 0 Å². The molecule has 1 aromatic carbocycles. The fraction of sp³-hybridized carbons (Fsp3) is 0. The van der Waals surface area contributed by atoms with Crippen molar-refractivity contribution in [2.24, 2.45) is 0 Å². The van der Waals surface area contributed by atoms with Gasteiger partial charge in [0.05, 0.1) is 0 Å². The molecule has 1 aromatic rings. The molecule has 0 fully saturated rings. The van der Waals surface area contributed by atoms with Crippen molar-refractivity contribution in [2.45, 2.75) is 0 Å². The summed E-state index contributed by atoms with van der Waals surface area (Å²) in [5, 5.41) is 9.26. The number of ketones is 1. The molecule has 0 heterocycles. The van der Waals surface area contributed by atoms with Crippen LogP contribution in [0.5, 0.6) is 0 Å². The number of carbonyl (C=O) groups is 1. The Labute approximate surface area is 99.9 Å². The highest BCUT2D eigenvalue weighted by Crippen LogP contribution is 2.11. The second kappa shape index (κ2) is 5.12. The highest BCUT2D eigenvalue weighted by atomic mass is 16.3. The molecule has 0 bridgehead atoms. The Kier molecular flexibility index (Phi) is 3.36. The molecule has 0 saturated heterocycles. The standard InChI is InChI=1S/C15H12O2/c16-14-10-9-13(11-15(14)17)8-4-7-12-5-2-1-3-6-12/h1-11,17H/b7-4+,13-8+. The second-order valence-electron chi connectivity index (χ2n) is 3.66. The molecule has 2 nitrogen and oxygen atoms in total. The number of allylic oxidation sites excluding steroid dienone is 6. The predicted molar refractivity (Wildman–Crippen MR) is 68.4 cm³/mol. The number of benzene rings is 1. The lowest BCUT2D eigenvalue weighted by molar-refractivity contribution is -0.113. The summed E-state index contributed by atoms with van der Waals surface area (Å²) in [5.41, 5.74) is 1.91. The normalized spacial score (nSPS) is 17.8. The first-order valence-electron chi connectivity index (χ1n) is 5.32. The molecule has 2 rings (SSSR count). The van der Waals surface area contributed by atoms with E-state index in [0.717, 1.165) is 11.1 Å². The summed E-state index contributed by atoms with van der Waals surface area (Å²) in [7, 11) is 0. The van der Waals surface area contributed by atoms with Crippen molar-refractivity contribution < 1.29 is 9.90 Å². The van der Waals surface area contributed by atoms with Gasteiger partial charge in [0.1, 0.15) is 0 Å². The predicted octanol–water partition coefficient (Wildman–Crippen LogP) is 3.21. The lowest BCUT2D eigenvalue weighted by atomic mass is 10.1. The van der Waals surface area contributed by atoms with Gasteiger partial charge < -0.3 is 5.11 Å². The van der Waals surface area contributed by atoms with Crippen LogP contribution in [-0.2, 0) is 4.79 Å². The van der Waals surface area contributed by atoms with Gasteiger partial charge in [-0.25, -0.2) is 0 Å². The van der Waals surface area contributed by atoms with Crippen molar-refractivity contribution >= 4 is 11.9 Å². The molecule has 0 radical (unpaired) electrons. The van der Waals surface area contributed by atoms with E-state index in [1.165, 1.54) is 12.2 Å². The molecule has 84 valence electrons. The van der Waals surface area contributed by atoms with E-state index in [4.69, 9.17) is 0 Å². The number of aliphatic hydroxyl groups excluding tert-OH is 1. The molecular formula is C15H12O2. The Balaban J connectivity index is 2.10. The van der Waals surface area contributed by atoms with E-state index in [1.54, 1.807) is 6.08 Å². The monoisotopic (exact) mass is 224 g/mol. The Morgan fingerprint density at radius 1 is 1.06 bits per heavy atom. The molecule has 0 amide bonds. The van der Waals surface area contributed by atoms with Gasteiger partial charge in [0.2, 0.25) is 5.78 Å². The molecule has 1 aliphatic rings. The Bertz CT molecular complexity index is 531. The minimum atomic E-state index is -0.353. The fourth-order valence-corrected chi connectivity index (χ4v) is 1.47. The number of aliphatic hydroxyl groups is 1. The summed E-state index contributed by atoms with van der Waals surface area (Å²) < 4.78 is 0. The zero-order chi connectivity index (χ0) is 12.1. The molecule has 0 aromatic heterocycles. The van der Waals surface area contributed by atoms with Gasteiger partial charge >= 0.3 is 0 Å². The van der Waals surface area contributed by atoms with Crippen LogP contribution in [0.2, 0.25) is 0 Å². The zero-order valence-electron chi connectivity index (χ0n) is 9.21. The summed E-state index contributed by atoms with van der Waals surface area (Å²) in [6, 6.07) is 9.91. The maximum absolute atomic E-state index is 11.0. The third-order valence-electron chi connectivity index (χ3n) is 2.36. The smallest absolute Gasteiger partial charge is 0.220 e. The van der Waals surface area contributed by atoms with E-state index in [9.17, 15) is 9.90 Å². The minimum Gasteiger partial charge on any atom is -0.504 e. The van der Waals surface area contributed by atoms with Crippen LogP contribution in [-0.4, -0.2) is 10.9 Å². The van der Waals surface area contributed by atoms with Gasteiger partial charge in [0.25, 0.3) is 0 Å². The van der Waals surface area contributed by atoms with Crippen LogP contribution in [0, 0.1) is 0 Å². The highest BCUT2D eigenvalue weighted by molar-refractivity contribution is 6.04. The van der Waals surface area contributed by atoms with E-state index in [1.807, 2.05) is 48.6 Å². The topological polar surface area (TPSA) is 37.3 Å². The van der Waals surface area contributed by atoms with Crippen molar-refractivity contribution in [1.29, 1.82) is 0 Å². The number of rotatable bonds is 2. The van der Waals surface area contributed by atoms with Crippen LogP contribution in [0.4, 0.5) is 0 Å². The van der Waals surface area contributed by atoms with Crippen molar-refractivity contribution in [2.75, 3.05) is 0 Å². The third kappa shape index (κ3) is 3.05. The molecule has 17 heavy (non-hydrogen) atoms. The Hall–Kier alpha value is -2.35. The SMILES string of the molecule is O=C1C=C/C(=C\C=C\c2ccccc2)C=C1O. The van der Waals surface area contributed by atoms with Crippen LogP contribution >= 0.6 is 0 Å². The fourth-order valence-electron chi connectivity index (χ4n) is 1.47. The lowest BCUT2D eigenvalue weighted by Gasteiger charge is -2.01. The highest BCUT2D eigenvalue weighted by Gasteiger charge is 2.07. The summed E-state index contributed by atoms with van der Waals surface area (Å²) >= 11 is 0. The van der Waals surface area contributed by atoms with Gasteiger partial charge in [-0.2, -0.15) is 0 Å². The maximum Gasteiger partial charge on any atom is 0.220 e. The van der Waals surface area contributed by atoms with Crippen molar-refractivity contribution in [1.82, 2.24) is 0 Å². The number of hydrogen-bond donors (Lipinski definition) is 1. The molecule has 0 atom stereocenters. The number of carbonyl (C=O) groups excluding carboxylic acids is 1. The van der Waals surface area contributed by atoms with E-state index in [2.05, 4.69) is 0 Å². The second-order valence-corrected chi connectivity index (χ2v) is 3.66. The van der Waals surface area contributed by atoms with Crippen molar-refractivity contribution in [3.63, 3.8) is 0 Å². The molecule has 1 N–H and O–H groups in total. The lowest BCUT2D eigenvalue weighted by Crippen LogP contribution is -2.01. The van der Waals surface area contributed by atoms with E-state index in [-0.39, 0.29) is 11.5 Å².